The molecule has 0 unspecified atom stereocenters. The molecule has 3 heterocycles. The van der Waals surface area contributed by atoms with Gasteiger partial charge in [0.1, 0.15) is 17.9 Å². The fourth-order valence-corrected chi connectivity index (χ4v) is 3.06. The van der Waals surface area contributed by atoms with Crippen molar-refractivity contribution in [2.45, 2.75) is 6.42 Å². The number of urea groups is 1. The van der Waals surface area contributed by atoms with Gasteiger partial charge in [-0.1, -0.05) is 0 Å². The number of hydrogen-bond donors (Lipinski definition) is 2. The summed E-state index contributed by atoms with van der Waals surface area (Å²) in [5.41, 5.74) is 6.49. The van der Waals surface area contributed by atoms with Gasteiger partial charge in [0.2, 0.25) is 0 Å². The molecule has 9 heteroatoms. The first-order chi connectivity index (χ1) is 13.5. The number of carbonyl (C=O) groups is 1. The second-order valence-corrected chi connectivity index (χ2v) is 6.59. The summed E-state index contributed by atoms with van der Waals surface area (Å²) in [7, 11) is 0. The molecule has 1 aliphatic heterocycles. The van der Waals surface area contributed by atoms with Gasteiger partial charge in [-0.2, -0.15) is 0 Å². The number of amides is 2. The van der Waals surface area contributed by atoms with Gasteiger partial charge in [-0.25, -0.2) is 23.5 Å². The number of anilines is 2. The quantitative estimate of drug-likeness (QED) is 0.718. The molecule has 0 saturated carbocycles. The predicted molar refractivity (Wildman–Crippen MR) is 98.3 cm³/mol. The molecule has 7 nitrogen and oxygen atoms in total. The van der Waals surface area contributed by atoms with Crippen molar-refractivity contribution in [3.05, 3.63) is 60.3 Å². The van der Waals surface area contributed by atoms with Crippen molar-refractivity contribution < 1.29 is 18.0 Å². The number of aromatic nitrogens is 2. The number of pyridine rings is 1. The Hall–Kier alpha value is -3.49. The third-order valence-corrected chi connectivity index (χ3v) is 4.55. The molecule has 3 aromatic rings. The molecular formula is C19H17F2N5O2. The highest BCUT2D eigenvalue weighted by Crippen LogP contribution is 2.27. The number of likely N-dealkylation sites (tertiary alicyclic amines) is 1. The molecule has 28 heavy (non-hydrogen) atoms. The lowest BCUT2D eigenvalue weighted by molar-refractivity contribution is 0.126. The van der Waals surface area contributed by atoms with Gasteiger partial charge in [0.05, 0.1) is 17.6 Å². The summed E-state index contributed by atoms with van der Waals surface area (Å²) in [6.45, 7) is 1.11. The number of rotatable bonds is 4. The minimum atomic E-state index is -0.744. The van der Waals surface area contributed by atoms with Crippen molar-refractivity contribution in [2.24, 2.45) is 5.92 Å². The van der Waals surface area contributed by atoms with Crippen LogP contribution in [-0.4, -0.2) is 34.0 Å². The van der Waals surface area contributed by atoms with Crippen LogP contribution in [0.4, 0.5) is 25.1 Å². The summed E-state index contributed by atoms with van der Waals surface area (Å²) in [6.07, 6.45) is 3.77. The molecule has 2 aromatic heterocycles. The summed E-state index contributed by atoms with van der Waals surface area (Å²) in [6, 6.07) is 5.89. The number of nitrogens with two attached hydrogens (primary N) is 1. The molecule has 1 saturated heterocycles. The zero-order chi connectivity index (χ0) is 19.7. The van der Waals surface area contributed by atoms with Gasteiger partial charge in [0.25, 0.3) is 0 Å². The summed E-state index contributed by atoms with van der Waals surface area (Å²) in [5, 5.41) is 2.65. The molecule has 3 N–H and O–H groups in total. The predicted octanol–water partition coefficient (Wildman–Crippen LogP) is 3.30. The van der Waals surface area contributed by atoms with Gasteiger partial charge >= 0.3 is 6.03 Å². The number of nitrogen functional groups attached to an aromatic ring is 1. The maximum Gasteiger partial charge on any atom is 0.323 e. The SMILES string of the molecule is Nc1ccc(-c2ccc(F)cc2F)nc1NC(=O)N1CC(Cc2ncco2)C1. The second kappa shape index (κ2) is 7.26. The molecule has 1 aliphatic rings. The Morgan fingerprint density at radius 3 is 2.82 bits per heavy atom. The fraction of sp³-hybridized carbons (Fsp3) is 0.211. The smallest absolute Gasteiger partial charge is 0.323 e. The van der Waals surface area contributed by atoms with Crippen LogP contribution in [0.1, 0.15) is 5.89 Å². The molecule has 0 spiro atoms. The highest BCUT2D eigenvalue weighted by molar-refractivity contribution is 5.92. The highest BCUT2D eigenvalue weighted by Gasteiger charge is 2.32. The minimum Gasteiger partial charge on any atom is -0.449 e. The molecular weight excluding hydrogens is 368 g/mol. The van der Waals surface area contributed by atoms with Crippen molar-refractivity contribution in [1.29, 1.82) is 0 Å². The minimum absolute atomic E-state index is 0.117. The molecule has 0 atom stereocenters. The lowest BCUT2D eigenvalue weighted by Gasteiger charge is -2.38. The molecule has 4 rings (SSSR count). The van der Waals surface area contributed by atoms with E-state index in [1.807, 2.05) is 0 Å². The van der Waals surface area contributed by atoms with Crippen LogP contribution in [0.5, 0.6) is 0 Å². The number of oxazole rings is 1. The normalized spacial score (nSPS) is 14.0. The standard InChI is InChI=1S/C19H17F2N5O2/c20-12-1-2-13(14(21)8-12)16-4-3-15(22)18(24-16)25-19(27)26-9-11(10-26)7-17-23-5-6-28-17/h1-6,8,11H,7,9-10,22H2,(H,24,25,27). The molecule has 144 valence electrons. The van der Waals surface area contributed by atoms with Crippen molar-refractivity contribution in [2.75, 3.05) is 24.1 Å². The monoisotopic (exact) mass is 385 g/mol. The van der Waals surface area contributed by atoms with Crippen LogP contribution < -0.4 is 11.1 Å². The first kappa shape index (κ1) is 17.9. The molecule has 1 aromatic carbocycles. The molecule has 0 radical (unpaired) electrons. The average molecular weight is 385 g/mol. The third-order valence-electron chi connectivity index (χ3n) is 4.55. The number of halogens is 2. The van der Waals surface area contributed by atoms with E-state index in [0.717, 1.165) is 12.1 Å². The zero-order valence-corrected chi connectivity index (χ0v) is 14.7. The van der Waals surface area contributed by atoms with Crippen molar-refractivity contribution in [3.8, 4) is 11.3 Å². The molecule has 0 bridgehead atoms. The summed E-state index contributed by atoms with van der Waals surface area (Å²) < 4.78 is 32.3. The third kappa shape index (κ3) is 3.64. The van der Waals surface area contributed by atoms with E-state index >= 15 is 0 Å². The molecule has 2 amide bonds. The van der Waals surface area contributed by atoms with Crippen LogP contribution in [0.2, 0.25) is 0 Å². The van der Waals surface area contributed by atoms with Crippen LogP contribution >= 0.6 is 0 Å². The Kier molecular flexibility index (Phi) is 4.64. The lowest BCUT2D eigenvalue weighted by Crippen LogP contribution is -2.52. The van der Waals surface area contributed by atoms with Crippen LogP contribution in [-0.2, 0) is 6.42 Å². The Balaban J connectivity index is 1.42. The van der Waals surface area contributed by atoms with Crippen molar-refractivity contribution >= 4 is 17.5 Å². The summed E-state index contributed by atoms with van der Waals surface area (Å²) in [4.78, 5) is 22.3. The fourth-order valence-electron chi connectivity index (χ4n) is 3.06. The Labute approximate surface area is 159 Å². The Bertz CT molecular complexity index is 1000. The van der Waals surface area contributed by atoms with E-state index in [2.05, 4.69) is 15.3 Å². The van der Waals surface area contributed by atoms with Crippen molar-refractivity contribution in [1.82, 2.24) is 14.9 Å². The van der Waals surface area contributed by atoms with E-state index in [0.29, 0.717) is 25.4 Å². The summed E-state index contributed by atoms with van der Waals surface area (Å²) >= 11 is 0. The van der Waals surface area contributed by atoms with Gasteiger partial charge < -0.3 is 15.1 Å². The average Bonchev–Trinajstić information content (AvgIpc) is 3.13. The number of nitrogens with zero attached hydrogens (tertiary/aromatic N) is 3. The summed E-state index contributed by atoms with van der Waals surface area (Å²) in [5.74, 6) is -0.379. The van der Waals surface area contributed by atoms with Crippen LogP contribution in [0.25, 0.3) is 11.3 Å². The Morgan fingerprint density at radius 2 is 2.11 bits per heavy atom. The number of carbonyl (C=O) groups excluding carboxylic acids is 1. The molecule has 0 aliphatic carbocycles. The van der Waals surface area contributed by atoms with E-state index in [4.69, 9.17) is 10.2 Å². The second-order valence-electron chi connectivity index (χ2n) is 6.59. The van der Waals surface area contributed by atoms with E-state index in [-0.39, 0.29) is 34.7 Å². The van der Waals surface area contributed by atoms with Crippen LogP contribution in [0, 0.1) is 17.6 Å². The maximum atomic E-state index is 14.0. The number of nitrogens with one attached hydrogen (secondary N) is 1. The Morgan fingerprint density at radius 1 is 1.29 bits per heavy atom. The maximum absolute atomic E-state index is 14.0. The van der Waals surface area contributed by atoms with E-state index in [1.54, 1.807) is 11.1 Å². The van der Waals surface area contributed by atoms with E-state index in [1.165, 1.54) is 24.5 Å². The van der Waals surface area contributed by atoms with Crippen LogP contribution in [0.15, 0.2) is 47.2 Å². The van der Waals surface area contributed by atoms with Gasteiger partial charge in [-0.15, -0.1) is 0 Å². The lowest BCUT2D eigenvalue weighted by atomic mass is 9.97. The highest BCUT2D eigenvalue weighted by atomic mass is 19.1. The van der Waals surface area contributed by atoms with Gasteiger partial charge in [0, 0.05) is 37.1 Å². The first-order valence-corrected chi connectivity index (χ1v) is 8.66. The first-order valence-electron chi connectivity index (χ1n) is 8.66. The topological polar surface area (TPSA) is 97.3 Å². The van der Waals surface area contributed by atoms with Crippen molar-refractivity contribution in [3.63, 3.8) is 0 Å². The van der Waals surface area contributed by atoms with Gasteiger partial charge in [-0.3, -0.25) is 5.32 Å². The number of hydrogen-bond acceptors (Lipinski definition) is 5. The van der Waals surface area contributed by atoms with Gasteiger partial charge in [0.15, 0.2) is 11.7 Å². The van der Waals surface area contributed by atoms with Gasteiger partial charge in [-0.05, 0) is 24.3 Å². The molecule has 1 fully saturated rings. The largest absolute Gasteiger partial charge is 0.449 e. The van der Waals surface area contributed by atoms with Crippen LogP contribution in [0.3, 0.4) is 0 Å². The number of benzene rings is 1. The van der Waals surface area contributed by atoms with E-state index < -0.39 is 11.6 Å². The zero-order valence-electron chi connectivity index (χ0n) is 14.7. The van der Waals surface area contributed by atoms with E-state index in [9.17, 15) is 13.6 Å².